The molecule has 0 aliphatic rings. The summed E-state index contributed by atoms with van der Waals surface area (Å²) in [5.74, 6) is -1.27. The molecule has 7 heteroatoms. The molecule has 0 spiro atoms. The molecule has 0 radical (unpaired) electrons. The highest BCUT2D eigenvalue weighted by atomic mass is 32.2. The van der Waals surface area contributed by atoms with E-state index in [-0.39, 0.29) is 16.8 Å². The summed E-state index contributed by atoms with van der Waals surface area (Å²) >= 11 is 0. The summed E-state index contributed by atoms with van der Waals surface area (Å²) in [5.41, 5.74) is -0.144. The third-order valence-corrected chi connectivity index (χ3v) is 2.27. The van der Waals surface area contributed by atoms with Gasteiger partial charge in [0.25, 0.3) is 0 Å². The van der Waals surface area contributed by atoms with Crippen LogP contribution in [-0.4, -0.2) is 25.7 Å². The summed E-state index contributed by atoms with van der Waals surface area (Å²) in [6.45, 7) is 0. The van der Waals surface area contributed by atoms with E-state index in [0.717, 1.165) is 6.26 Å². The van der Waals surface area contributed by atoms with Crippen molar-refractivity contribution in [2.75, 3.05) is 11.0 Å². The Balaban J connectivity index is 3.33. The van der Waals surface area contributed by atoms with Gasteiger partial charge in [-0.1, -0.05) is 0 Å². The van der Waals surface area contributed by atoms with E-state index in [1.54, 1.807) is 6.07 Å². The lowest BCUT2D eigenvalue weighted by molar-refractivity contribution is 0.0698. The van der Waals surface area contributed by atoms with Crippen LogP contribution in [0.25, 0.3) is 0 Å². The number of aromatic carboxylic acids is 1. The van der Waals surface area contributed by atoms with Crippen LogP contribution < -0.4 is 4.72 Å². The maximum atomic E-state index is 11.0. The van der Waals surface area contributed by atoms with Gasteiger partial charge in [0.15, 0.2) is 0 Å². The lowest BCUT2D eigenvalue weighted by atomic mass is 10.1. The average molecular weight is 240 g/mol. The molecule has 0 saturated heterocycles. The predicted octanol–water partition coefficient (Wildman–Crippen LogP) is 0.628. The van der Waals surface area contributed by atoms with Gasteiger partial charge in [0.2, 0.25) is 10.0 Å². The first-order chi connectivity index (χ1) is 7.33. The number of benzene rings is 1. The highest BCUT2D eigenvalue weighted by molar-refractivity contribution is 7.92. The van der Waals surface area contributed by atoms with Crippen LogP contribution in [0.5, 0.6) is 0 Å². The molecule has 0 aliphatic heterocycles. The molecule has 16 heavy (non-hydrogen) atoms. The predicted molar refractivity (Wildman–Crippen MR) is 56.6 cm³/mol. The SMILES string of the molecule is CS(=O)(=O)Nc1cc(C#N)ccc1C(=O)O. The zero-order valence-electron chi connectivity index (χ0n) is 8.26. The van der Waals surface area contributed by atoms with Crippen molar-refractivity contribution in [3.8, 4) is 6.07 Å². The molecule has 6 nitrogen and oxygen atoms in total. The Labute approximate surface area is 92.2 Å². The molecule has 0 fully saturated rings. The Kier molecular flexibility index (Phi) is 3.15. The maximum Gasteiger partial charge on any atom is 0.337 e. The first-order valence-electron chi connectivity index (χ1n) is 4.09. The van der Waals surface area contributed by atoms with Crippen LogP contribution in [0.1, 0.15) is 15.9 Å². The van der Waals surface area contributed by atoms with E-state index in [4.69, 9.17) is 10.4 Å². The van der Waals surface area contributed by atoms with Crippen molar-refractivity contribution < 1.29 is 18.3 Å². The van der Waals surface area contributed by atoms with Gasteiger partial charge in [-0.2, -0.15) is 5.26 Å². The summed E-state index contributed by atoms with van der Waals surface area (Å²) in [7, 11) is -3.58. The Morgan fingerprint density at radius 2 is 2.12 bits per heavy atom. The molecule has 1 rings (SSSR count). The second-order valence-corrected chi connectivity index (χ2v) is 4.80. The Hall–Kier alpha value is -2.07. The molecule has 0 bridgehead atoms. The fourth-order valence-electron chi connectivity index (χ4n) is 1.08. The maximum absolute atomic E-state index is 11.0. The van der Waals surface area contributed by atoms with Crippen LogP contribution in [-0.2, 0) is 10.0 Å². The molecular weight excluding hydrogens is 232 g/mol. The molecule has 2 N–H and O–H groups in total. The summed E-state index contributed by atoms with van der Waals surface area (Å²) in [5, 5.41) is 17.4. The van der Waals surface area contributed by atoms with E-state index in [2.05, 4.69) is 0 Å². The van der Waals surface area contributed by atoms with Crippen LogP contribution in [0.4, 0.5) is 5.69 Å². The molecular formula is C9H8N2O4S. The van der Waals surface area contributed by atoms with E-state index in [0.29, 0.717) is 0 Å². The number of carbonyl (C=O) groups is 1. The molecule has 84 valence electrons. The summed E-state index contributed by atoms with van der Waals surface area (Å²) in [6, 6.07) is 5.44. The molecule has 0 amide bonds. The van der Waals surface area contributed by atoms with Gasteiger partial charge in [0.05, 0.1) is 29.1 Å². The first-order valence-corrected chi connectivity index (χ1v) is 5.98. The normalized spacial score (nSPS) is 10.5. The quantitative estimate of drug-likeness (QED) is 0.805. The van der Waals surface area contributed by atoms with Gasteiger partial charge >= 0.3 is 5.97 Å². The van der Waals surface area contributed by atoms with E-state index in [1.165, 1.54) is 18.2 Å². The number of carboxylic acids is 1. The number of nitrogens with one attached hydrogen (secondary N) is 1. The van der Waals surface area contributed by atoms with Crippen LogP contribution >= 0.6 is 0 Å². The largest absolute Gasteiger partial charge is 0.478 e. The number of nitrogens with zero attached hydrogens (tertiary/aromatic N) is 1. The molecule has 0 unspecified atom stereocenters. The minimum Gasteiger partial charge on any atom is -0.478 e. The van der Waals surface area contributed by atoms with E-state index >= 15 is 0 Å². The minimum absolute atomic E-state index is 0.117. The van der Waals surface area contributed by atoms with Crippen molar-refractivity contribution in [2.45, 2.75) is 0 Å². The number of anilines is 1. The van der Waals surface area contributed by atoms with E-state index < -0.39 is 16.0 Å². The lowest BCUT2D eigenvalue weighted by Crippen LogP contribution is -2.13. The van der Waals surface area contributed by atoms with Crippen LogP contribution in [0, 0.1) is 11.3 Å². The van der Waals surface area contributed by atoms with Gasteiger partial charge in [-0.05, 0) is 18.2 Å². The number of hydrogen-bond acceptors (Lipinski definition) is 4. The third kappa shape index (κ3) is 2.96. The summed E-state index contributed by atoms with van der Waals surface area (Å²) < 4.78 is 24.0. The van der Waals surface area contributed by atoms with Gasteiger partial charge in [-0.15, -0.1) is 0 Å². The number of nitriles is 1. The minimum atomic E-state index is -3.58. The first kappa shape index (κ1) is 12.0. The zero-order chi connectivity index (χ0) is 12.3. The average Bonchev–Trinajstić information content (AvgIpc) is 2.14. The van der Waals surface area contributed by atoms with Crippen molar-refractivity contribution in [1.29, 1.82) is 5.26 Å². The Bertz CT molecular complexity index is 572. The van der Waals surface area contributed by atoms with Crippen molar-refractivity contribution >= 4 is 21.7 Å². The van der Waals surface area contributed by atoms with Crippen LogP contribution in [0.15, 0.2) is 18.2 Å². The monoisotopic (exact) mass is 240 g/mol. The molecule has 0 aromatic heterocycles. The third-order valence-electron chi connectivity index (χ3n) is 1.67. The summed E-state index contributed by atoms with van der Waals surface area (Å²) in [6.07, 6.45) is 0.900. The molecule has 0 heterocycles. The van der Waals surface area contributed by atoms with Crippen molar-refractivity contribution in [1.82, 2.24) is 0 Å². The molecule has 0 aliphatic carbocycles. The topological polar surface area (TPSA) is 107 Å². The van der Waals surface area contributed by atoms with E-state index in [9.17, 15) is 13.2 Å². The molecule has 0 saturated carbocycles. The second-order valence-electron chi connectivity index (χ2n) is 3.05. The number of sulfonamides is 1. The van der Waals surface area contributed by atoms with Crippen LogP contribution in [0.3, 0.4) is 0 Å². The van der Waals surface area contributed by atoms with E-state index in [1.807, 2.05) is 4.72 Å². The van der Waals surface area contributed by atoms with Gasteiger partial charge in [0, 0.05) is 0 Å². The van der Waals surface area contributed by atoms with Crippen molar-refractivity contribution in [3.05, 3.63) is 29.3 Å². The van der Waals surface area contributed by atoms with Gasteiger partial charge in [0.1, 0.15) is 0 Å². The number of rotatable bonds is 3. The molecule has 1 aromatic rings. The molecule has 0 atom stereocenters. The standard InChI is InChI=1S/C9H8N2O4S/c1-16(14,15)11-8-4-6(5-10)2-3-7(8)9(12)13/h2-4,11H,1H3,(H,12,13). The number of hydrogen-bond donors (Lipinski definition) is 2. The fraction of sp³-hybridized carbons (Fsp3) is 0.111. The Morgan fingerprint density at radius 3 is 2.56 bits per heavy atom. The van der Waals surface area contributed by atoms with Gasteiger partial charge in [-0.25, -0.2) is 13.2 Å². The Morgan fingerprint density at radius 1 is 1.50 bits per heavy atom. The molecule has 1 aromatic carbocycles. The highest BCUT2D eigenvalue weighted by Gasteiger charge is 2.13. The number of carboxylic acid groups (broad SMARTS) is 1. The fourth-order valence-corrected chi connectivity index (χ4v) is 1.65. The zero-order valence-corrected chi connectivity index (χ0v) is 9.08. The van der Waals surface area contributed by atoms with Crippen molar-refractivity contribution in [3.63, 3.8) is 0 Å². The van der Waals surface area contributed by atoms with Crippen molar-refractivity contribution in [2.24, 2.45) is 0 Å². The van der Waals surface area contributed by atoms with Gasteiger partial charge < -0.3 is 5.11 Å². The lowest BCUT2D eigenvalue weighted by Gasteiger charge is -2.07. The highest BCUT2D eigenvalue weighted by Crippen LogP contribution is 2.18. The smallest absolute Gasteiger partial charge is 0.337 e. The van der Waals surface area contributed by atoms with Crippen LogP contribution in [0.2, 0.25) is 0 Å². The van der Waals surface area contributed by atoms with Gasteiger partial charge in [-0.3, -0.25) is 4.72 Å². The summed E-state index contributed by atoms with van der Waals surface area (Å²) in [4.78, 5) is 10.8. The second kappa shape index (κ2) is 4.20.